The molecule has 24 heavy (non-hydrogen) atoms. The maximum absolute atomic E-state index is 5.98. The number of fused-ring (bicyclic) bond motifs is 1. The minimum absolute atomic E-state index is 0.737. The Bertz CT molecular complexity index is 1000. The van der Waals surface area contributed by atoms with Crippen molar-refractivity contribution in [1.82, 2.24) is 4.98 Å². The summed E-state index contributed by atoms with van der Waals surface area (Å²) in [5.41, 5.74) is 3.16. The topological polar surface area (TPSA) is 24.9 Å². The van der Waals surface area contributed by atoms with E-state index in [9.17, 15) is 0 Å². The van der Waals surface area contributed by atoms with Gasteiger partial charge in [-0.05, 0) is 30.5 Å². The fraction of sp³-hybridized carbons (Fsp3) is 0.0500. The molecule has 118 valence electrons. The predicted octanol–water partition coefficient (Wildman–Crippen LogP) is 6.67. The Hall–Kier alpha value is -2.36. The van der Waals surface area contributed by atoms with Gasteiger partial charge in [-0.25, -0.2) is 4.98 Å². The van der Waals surface area contributed by atoms with Crippen molar-refractivity contribution in [3.8, 4) is 11.3 Å². The third kappa shape index (κ3) is 2.88. The number of hydrogen-bond acceptors (Lipinski definition) is 3. The number of thiazole rings is 1. The number of rotatable bonds is 3. The molecular weight excluding hydrogens is 336 g/mol. The SMILES string of the molecule is Cc1sc(Nc2cccc3ccccc23)nc1-c1ccc(Cl)cc1. The summed E-state index contributed by atoms with van der Waals surface area (Å²) in [6.45, 7) is 2.09. The lowest BCUT2D eigenvalue weighted by Crippen LogP contribution is -1.91. The van der Waals surface area contributed by atoms with Crippen LogP contribution in [-0.2, 0) is 0 Å². The Balaban J connectivity index is 1.70. The number of benzene rings is 3. The zero-order chi connectivity index (χ0) is 16.5. The molecule has 4 aromatic rings. The zero-order valence-corrected chi connectivity index (χ0v) is 14.7. The average Bonchev–Trinajstić information content (AvgIpc) is 2.96. The maximum atomic E-state index is 5.98. The van der Waals surface area contributed by atoms with Crippen molar-refractivity contribution in [2.24, 2.45) is 0 Å². The van der Waals surface area contributed by atoms with E-state index in [4.69, 9.17) is 16.6 Å². The van der Waals surface area contributed by atoms with Crippen molar-refractivity contribution >= 4 is 44.5 Å². The van der Waals surface area contributed by atoms with Crippen molar-refractivity contribution in [3.05, 3.63) is 76.6 Å². The molecule has 0 aliphatic carbocycles. The summed E-state index contributed by atoms with van der Waals surface area (Å²) >= 11 is 7.64. The van der Waals surface area contributed by atoms with Gasteiger partial charge in [0.2, 0.25) is 0 Å². The van der Waals surface area contributed by atoms with Crippen molar-refractivity contribution in [1.29, 1.82) is 0 Å². The van der Waals surface area contributed by atoms with Gasteiger partial charge in [0.05, 0.1) is 5.69 Å². The van der Waals surface area contributed by atoms with Gasteiger partial charge >= 0.3 is 0 Å². The zero-order valence-electron chi connectivity index (χ0n) is 13.1. The number of nitrogens with zero attached hydrogens (tertiary/aromatic N) is 1. The highest BCUT2D eigenvalue weighted by Crippen LogP contribution is 2.34. The van der Waals surface area contributed by atoms with Crippen LogP contribution in [0.5, 0.6) is 0 Å². The first-order chi connectivity index (χ1) is 11.7. The molecule has 3 aromatic carbocycles. The highest BCUT2D eigenvalue weighted by atomic mass is 35.5. The van der Waals surface area contributed by atoms with Gasteiger partial charge in [-0.2, -0.15) is 0 Å². The molecule has 1 heterocycles. The third-order valence-electron chi connectivity index (χ3n) is 3.95. The Kier molecular flexibility index (Phi) is 3.97. The third-order valence-corrected chi connectivity index (χ3v) is 5.08. The van der Waals surface area contributed by atoms with E-state index < -0.39 is 0 Å². The second-order valence-corrected chi connectivity index (χ2v) is 7.22. The first kappa shape index (κ1) is 15.2. The summed E-state index contributed by atoms with van der Waals surface area (Å²) in [7, 11) is 0. The standard InChI is InChI=1S/C20H15ClN2S/c1-13-19(15-9-11-16(21)12-10-15)23-20(24-13)22-18-8-4-6-14-5-2-3-7-17(14)18/h2-12H,1H3,(H,22,23). The molecule has 0 spiro atoms. The van der Waals surface area contributed by atoms with Crippen LogP contribution in [-0.4, -0.2) is 4.98 Å². The fourth-order valence-electron chi connectivity index (χ4n) is 2.78. The first-order valence-corrected chi connectivity index (χ1v) is 8.88. The Morgan fingerprint density at radius 3 is 2.50 bits per heavy atom. The molecule has 0 saturated carbocycles. The van der Waals surface area contributed by atoms with E-state index in [1.807, 2.05) is 24.3 Å². The molecule has 0 saturated heterocycles. The summed E-state index contributed by atoms with van der Waals surface area (Å²) in [5, 5.41) is 7.52. The molecule has 0 fully saturated rings. The lowest BCUT2D eigenvalue weighted by atomic mass is 10.1. The molecule has 0 bridgehead atoms. The second-order valence-electron chi connectivity index (χ2n) is 5.58. The summed E-state index contributed by atoms with van der Waals surface area (Å²) in [6.07, 6.45) is 0. The molecule has 4 heteroatoms. The minimum Gasteiger partial charge on any atom is -0.331 e. The van der Waals surface area contributed by atoms with E-state index in [1.165, 1.54) is 15.6 Å². The number of nitrogens with one attached hydrogen (secondary N) is 1. The van der Waals surface area contributed by atoms with Crippen molar-refractivity contribution in [2.45, 2.75) is 6.92 Å². The molecule has 0 aliphatic rings. The van der Waals surface area contributed by atoms with E-state index in [1.54, 1.807) is 11.3 Å². The van der Waals surface area contributed by atoms with Crippen LogP contribution in [0.1, 0.15) is 4.88 Å². The number of aryl methyl sites for hydroxylation is 1. The smallest absolute Gasteiger partial charge is 0.187 e. The monoisotopic (exact) mass is 350 g/mol. The van der Waals surface area contributed by atoms with E-state index in [2.05, 4.69) is 54.7 Å². The molecular formula is C20H15ClN2S. The summed E-state index contributed by atoms with van der Waals surface area (Å²) in [5.74, 6) is 0. The van der Waals surface area contributed by atoms with Crippen LogP contribution in [0.3, 0.4) is 0 Å². The Labute approximate surface area is 149 Å². The first-order valence-electron chi connectivity index (χ1n) is 7.69. The molecule has 0 aliphatic heterocycles. The Morgan fingerprint density at radius 1 is 0.917 bits per heavy atom. The highest BCUT2D eigenvalue weighted by molar-refractivity contribution is 7.16. The lowest BCUT2D eigenvalue weighted by molar-refractivity contribution is 1.36. The number of halogens is 1. The van der Waals surface area contributed by atoms with Crippen molar-refractivity contribution in [3.63, 3.8) is 0 Å². The average molecular weight is 351 g/mol. The van der Waals surface area contributed by atoms with E-state index in [0.717, 1.165) is 27.1 Å². The van der Waals surface area contributed by atoms with Gasteiger partial charge in [-0.15, -0.1) is 11.3 Å². The van der Waals surface area contributed by atoms with Gasteiger partial charge < -0.3 is 5.32 Å². The van der Waals surface area contributed by atoms with Gasteiger partial charge in [0.1, 0.15) is 0 Å². The molecule has 1 aromatic heterocycles. The summed E-state index contributed by atoms with van der Waals surface area (Å²) < 4.78 is 0. The molecule has 0 unspecified atom stereocenters. The van der Waals surface area contributed by atoms with Gasteiger partial charge in [0.25, 0.3) is 0 Å². The number of anilines is 2. The molecule has 0 amide bonds. The quantitative estimate of drug-likeness (QED) is 0.446. The van der Waals surface area contributed by atoms with E-state index >= 15 is 0 Å². The molecule has 0 radical (unpaired) electrons. The van der Waals surface area contributed by atoms with Crippen LogP contribution in [0.2, 0.25) is 5.02 Å². The van der Waals surface area contributed by atoms with Crippen LogP contribution in [0.4, 0.5) is 10.8 Å². The molecule has 1 N–H and O–H groups in total. The van der Waals surface area contributed by atoms with E-state index in [-0.39, 0.29) is 0 Å². The van der Waals surface area contributed by atoms with Gasteiger partial charge in [-0.3, -0.25) is 0 Å². The maximum Gasteiger partial charge on any atom is 0.187 e. The van der Waals surface area contributed by atoms with Crippen LogP contribution >= 0.6 is 22.9 Å². The Morgan fingerprint density at radius 2 is 1.67 bits per heavy atom. The van der Waals surface area contributed by atoms with Gasteiger partial charge in [-0.1, -0.05) is 60.1 Å². The van der Waals surface area contributed by atoms with Crippen LogP contribution in [0.25, 0.3) is 22.0 Å². The van der Waals surface area contributed by atoms with Gasteiger partial charge in [0, 0.05) is 26.5 Å². The molecule has 4 rings (SSSR count). The number of hydrogen-bond donors (Lipinski definition) is 1. The molecule has 2 nitrogen and oxygen atoms in total. The number of aromatic nitrogens is 1. The van der Waals surface area contributed by atoms with Crippen LogP contribution in [0, 0.1) is 6.92 Å². The lowest BCUT2D eigenvalue weighted by Gasteiger charge is -2.06. The highest BCUT2D eigenvalue weighted by Gasteiger charge is 2.11. The van der Waals surface area contributed by atoms with Crippen molar-refractivity contribution < 1.29 is 0 Å². The second kappa shape index (κ2) is 6.27. The van der Waals surface area contributed by atoms with Crippen LogP contribution < -0.4 is 5.32 Å². The minimum atomic E-state index is 0.737. The van der Waals surface area contributed by atoms with E-state index in [0.29, 0.717) is 0 Å². The molecule has 0 atom stereocenters. The predicted molar refractivity (Wildman–Crippen MR) is 105 cm³/mol. The summed E-state index contributed by atoms with van der Waals surface area (Å²) in [6, 6.07) is 22.4. The summed E-state index contributed by atoms with van der Waals surface area (Å²) in [4.78, 5) is 5.96. The van der Waals surface area contributed by atoms with Crippen LogP contribution in [0.15, 0.2) is 66.7 Å². The normalized spacial score (nSPS) is 10.9. The fourth-order valence-corrected chi connectivity index (χ4v) is 3.75. The largest absolute Gasteiger partial charge is 0.331 e. The van der Waals surface area contributed by atoms with Crippen molar-refractivity contribution in [2.75, 3.05) is 5.32 Å². The van der Waals surface area contributed by atoms with Gasteiger partial charge in [0.15, 0.2) is 5.13 Å².